The Hall–Kier alpha value is -0.920. The van der Waals surface area contributed by atoms with Crippen molar-refractivity contribution < 1.29 is 9.59 Å². The van der Waals surface area contributed by atoms with Crippen LogP contribution >= 0.6 is 0 Å². The van der Waals surface area contributed by atoms with Crippen LogP contribution in [0.4, 0.5) is 0 Å². The summed E-state index contributed by atoms with van der Waals surface area (Å²) < 4.78 is 0. The number of hydrogen-bond acceptors (Lipinski definition) is 2. The molecule has 0 amide bonds. The van der Waals surface area contributed by atoms with Gasteiger partial charge in [0, 0.05) is 23.7 Å². The predicted molar refractivity (Wildman–Crippen MR) is 130 cm³/mol. The molecule has 0 spiro atoms. The predicted octanol–water partition coefficient (Wildman–Crippen LogP) is 7.41. The van der Waals surface area contributed by atoms with E-state index in [1.807, 2.05) is 0 Å². The summed E-state index contributed by atoms with van der Waals surface area (Å²) in [5.74, 6) is 3.72. The Kier molecular flexibility index (Phi) is 4.71. The molecule has 0 saturated heterocycles. The molecule has 9 unspecified atom stereocenters. The van der Waals surface area contributed by atoms with Gasteiger partial charge >= 0.3 is 0 Å². The molecule has 4 saturated carbocycles. The van der Waals surface area contributed by atoms with Crippen LogP contribution in [0.5, 0.6) is 0 Å². The van der Waals surface area contributed by atoms with Gasteiger partial charge in [-0.25, -0.2) is 0 Å². The zero-order valence-corrected chi connectivity index (χ0v) is 21.9. The molecule has 0 radical (unpaired) electrons. The third-order valence-electron chi connectivity index (χ3n) is 13.1. The van der Waals surface area contributed by atoms with E-state index in [1.54, 1.807) is 0 Å². The monoisotopic (exact) mass is 438 g/mol. The highest BCUT2D eigenvalue weighted by Crippen LogP contribution is 2.76. The summed E-state index contributed by atoms with van der Waals surface area (Å²) in [6.45, 7) is 19.1. The Morgan fingerprint density at radius 3 is 2.22 bits per heavy atom. The number of carbonyl (C=O) groups excluding carboxylic acids is 2. The van der Waals surface area contributed by atoms with Gasteiger partial charge in [0.1, 0.15) is 11.6 Å². The topological polar surface area (TPSA) is 34.1 Å². The van der Waals surface area contributed by atoms with Crippen molar-refractivity contribution in [3.63, 3.8) is 0 Å². The first-order valence-electron chi connectivity index (χ1n) is 13.5. The zero-order chi connectivity index (χ0) is 23.5. The summed E-state index contributed by atoms with van der Waals surface area (Å²) in [5, 5.41) is 0. The molecular weight excluding hydrogens is 392 g/mol. The van der Waals surface area contributed by atoms with Gasteiger partial charge in [-0.3, -0.25) is 9.59 Å². The molecule has 32 heavy (non-hydrogen) atoms. The van der Waals surface area contributed by atoms with E-state index >= 15 is 0 Å². The third kappa shape index (κ3) is 2.48. The van der Waals surface area contributed by atoms with Crippen LogP contribution in [0.3, 0.4) is 0 Å². The maximum absolute atomic E-state index is 13.9. The summed E-state index contributed by atoms with van der Waals surface area (Å²) in [4.78, 5) is 26.8. The van der Waals surface area contributed by atoms with Gasteiger partial charge in [0.05, 0.1) is 0 Å². The van der Waals surface area contributed by atoms with Crippen LogP contribution in [0, 0.1) is 56.7 Å². The Labute approximate surface area is 196 Å². The summed E-state index contributed by atoms with van der Waals surface area (Å²) >= 11 is 0. The zero-order valence-electron chi connectivity index (χ0n) is 21.9. The van der Waals surface area contributed by atoms with Gasteiger partial charge in [0.2, 0.25) is 0 Å². The van der Waals surface area contributed by atoms with Gasteiger partial charge in [-0.05, 0) is 91.3 Å². The van der Waals surface area contributed by atoms with Crippen LogP contribution in [-0.4, -0.2) is 11.6 Å². The number of Topliss-reactive ketones (excluding diaryl/α,β-unsaturated/α-hetero) is 2. The van der Waals surface area contributed by atoms with Gasteiger partial charge in [0.25, 0.3) is 0 Å². The molecule has 0 N–H and O–H groups in total. The molecule has 2 nitrogen and oxygen atoms in total. The van der Waals surface area contributed by atoms with E-state index in [2.05, 4.69) is 61.5 Å². The van der Waals surface area contributed by atoms with E-state index in [-0.39, 0.29) is 27.1 Å². The molecule has 0 aromatic rings. The molecule has 5 aliphatic carbocycles. The Morgan fingerprint density at radius 1 is 0.844 bits per heavy atom. The fraction of sp³-hybridized carbons (Fsp3) is 0.867. The highest BCUT2D eigenvalue weighted by molar-refractivity contribution is 5.87. The molecule has 5 rings (SSSR count). The normalized spacial score (nSPS) is 54.6. The first-order chi connectivity index (χ1) is 14.7. The molecule has 0 aromatic heterocycles. The number of ketones is 2. The van der Waals surface area contributed by atoms with E-state index in [4.69, 9.17) is 0 Å². The minimum absolute atomic E-state index is 0.0721. The first kappa shape index (κ1) is 22.9. The Balaban J connectivity index is 1.59. The first-order valence-corrected chi connectivity index (χ1v) is 13.5. The molecule has 178 valence electrons. The number of fused-ring (bicyclic) bond motifs is 7. The van der Waals surface area contributed by atoms with E-state index in [0.717, 1.165) is 32.1 Å². The third-order valence-corrected chi connectivity index (χ3v) is 13.1. The van der Waals surface area contributed by atoms with E-state index < -0.39 is 0 Å². The summed E-state index contributed by atoms with van der Waals surface area (Å²) in [7, 11) is 0. The second-order valence-electron chi connectivity index (χ2n) is 14.3. The highest BCUT2D eigenvalue weighted by atomic mass is 16.1. The minimum Gasteiger partial charge on any atom is -0.299 e. The SMILES string of the molecule is CC1=CCC2(C)C(=O)CC3(C)C(CCC4C5(C)CCC(=O)C(C)(C)C5CCC43C)C2C1C. The Morgan fingerprint density at radius 2 is 1.53 bits per heavy atom. The minimum atomic E-state index is -0.202. The van der Waals surface area contributed by atoms with Crippen LogP contribution in [0.1, 0.15) is 107 Å². The highest BCUT2D eigenvalue weighted by Gasteiger charge is 2.71. The van der Waals surface area contributed by atoms with E-state index in [0.29, 0.717) is 41.2 Å². The molecule has 5 aliphatic rings. The lowest BCUT2D eigenvalue weighted by Gasteiger charge is -2.72. The number of allylic oxidation sites excluding steroid dienone is 2. The van der Waals surface area contributed by atoms with Crippen LogP contribution in [-0.2, 0) is 9.59 Å². The van der Waals surface area contributed by atoms with Crippen LogP contribution < -0.4 is 0 Å². The van der Waals surface area contributed by atoms with E-state index in [9.17, 15) is 9.59 Å². The lowest BCUT2D eigenvalue weighted by atomic mass is 9.31. The van der Waals surface area contributed by atoms with Gasteiger partial charge < -0.3 is 0 Å². The largest absolute Gasteiger partial charge is 0.299 e. The van der Waals surface area contributed by atoms with Crippen LogP contribution in [0.15, 0.2) is 11.6 Å². The van der Waals surface area contributed by atoms with Crippen molar-refractivity contribution in [1.29, 1.82) is 0 Å². The molecule has 0 aliphatic heterocycles. The molecule has 0 heterocycles. The number of carbonyl (C=O) groups is 2. The van der Waals surface area contributed by atoms with Crippen molar-refractivity contribution in [3.8, 4) is 0 Å². The molecule has 0 aromatic carbocycles. The quantitative estimate of drug-likeness (QED) is 0.369. The lowest BCUT2D eigenvalue weighted by Crippen LogP contribution is -2.68. The van der Waals surface area contributed by atoms with Gasteiger partial charge in [-0.1, -0.05) is 60.1 Å². The van der Waals surface area contributed by atoms with Crippen LogP contribution in [0.2, 0.25) is 0 Å². The van der Waals surface area contributed by atoms with Crippen molar-refractivity contribution in [3.05, 3.63) is 11.6 Å². The summed E-state index contributed by atoms with van der Waals surface area (Å²) in [6, 6.07) is 0. The molecule has 2 heteroatoms. The molecule has 0 bridgehead atoms. The maximum Gasteiger partial charge on any atom is 0.139 e. The van der Waals surface area contributed by atoms with Gasteiger partial charge in [0.15, 0.2) is 0 Å². The smallest absolute Gasteiger partial charge is 0.139 e. The fourth-order valence-electron chi connectivity index (χ4n) is 10.8. The van der Waals surface area contributed by atoms with Crippen molar-refractivity contribution in [1.82, 2.24) is 0 Å². The molecule has 9 atom stereocenters. The molecule has 4 fully saturated rings. The second kappa shape index (κ2) is 6.60. The summed E-state index contributed by atoms with van der Waals surface area (Å²) in [5.41, 5.74) is 1.60. The van der Waals surface area contributed by atoms with Gasteiger partial charge in [-0.15, -0.1) is 0 Å². The lowest BCUT2D eigenvalue weighted by molar-refractivity contribution is -0.232. The van der Waals surface area contributed by atoms with Crippen molar-refractivity contribution >= 4 is 11.6 Å². The van der Waals surface area contributed by atoms with Crippen molar-refractivity contribution in [2.75, 3.05) is 0 Å². The maximum atomic E-state index is 13.9. The summed E-state index contributed by atoms with van der Waals surface area (Å²) in [6.07, 6.45) is 10.7. The fourth-order valence-corrected chi connectivity index (χ4v) is 10.8. The average molecular weight is 439 g/mol. The number of rotatable bonds is 0. The second-order valence-corrected chi connectivity index (χ2v) is 14.3. The van der Waals surface area contributed by atoms with E-state index in [1.165, 1.54) is 24.8 Å². The van der Waals surface area contributed by atoms with Gasteiger partial charge in [-0.2, -0.15) is 0 Å². The standard InChI is InChI=1S/C30H46O2/c1-18-11-14-28(6)24(32)17-30(8)20(25(28)19(18)2)9-10-22-27(5)15-13-23(31)26(3,4)21(27)12-16-29(22,30)7/h11,19-22,25H,9-10,12-17H2,1-8H3. The van der Waals surface area contributed by atoms with Crippen molar-refractivity contribution in [2.24, 2.45) is 56.7 Å². The Bertz CT molecular complexity index is 897. The van der Waals surface area contributed by atoms with Crippen molar-refractivity contribution in [2.45, 2.75) is 107 Å². The average Bonchev–Trinajstić information content (AvgIpc) is 2.70. The number of hydrogen-bond donors (Lipinski definition) is 0. The van der Waals surface area contributed by atoms with Crippen LogP contribution in [0.25, 0.3) is 0 Å². The molecular formula is C30H46O2.